The molecule has 1 aliphatic carbocycles. The van der Waals surface area contributed by atoms with Gasteiger partial charge in [-0.3, -0.25) is 4.90 Å². The van der Waals surface area contributed by atoms with E-state index in [-0.39, 0.29) is 0 Å². The molecular weight excluding hydrogens is 354 g/mol. The molecule has 3 aromatic rings. The summed E-state index contributed by atoms with van der Waals surface area (Å²) in [5.74, 6) is 1.44. The molecule has 2 aliphatic rings. The average molecular weight is 380 g/mol. The maximum absolute atomic E-state index is 6.05. The van der Waals surface area contributed by atoms with Crippen LogP contribution >= 0.6 is 11.3 Å². The van der Waals surface area contributed by atoms with Gasteiger partial charge in [0.1, 0.15) is 0 Å². The number of thiophene rings is 1. The molecule has 4 nitrogen and oxygen atoms in total. The van der Waals surface area contributed by atoms with Crippen molar-refractivity contribution in [3.8, 4) is 10.8 Å². The molecule has 1 aliphatic heterocycles. The lowest BCUT2D eigenvalue weighted by atomic mass is 9.99. The van der Waals surface area contributed by atoms with Gasteiger partial charge >= 0.3 is 0 Å². The summed E-state index contributed by atoms with van der Waals surface area (Å²) in [5, 5.41) is 8.70. The maximum Gasteiger partial charge on any atom is 0.257 e. The van der Waals surface area contributed by atoms with Gasteiger partial charge in [-0.05, 0) is 68.7 Å². The Hall–Kier alpha value is -1.98. The summed E-state index contributed by atoms with van der Waals surface area (Å²) in [5.41, 5.74) is 2.90. The lowest BCUT2D eigenvalue weighted by Crippen LogP contribution is -2.30. The first-order chi connectivity index (χ1) is 13.3. The molecule has 27 heavy (non-hydrogen) atoms. The van der Waals surface area contributed by atoms with Gasteiger partial charge in [0.25, 0.3) is 5.89 Å². The number of hydrogen-bond donors (Lipinski definition) is 0. The highest BCUT2D eigenvalue weighted by Crippen LogP contribution is 2.35. The molecule has 1 unspecified atom stereocenters. The van der Waals surface area contributed by atoms with Gasteiger partial charge in [0, 0.05) is 10.9 Å². The molecule has 1 aromatic carbocycles. The number of hydrogen-bond acceptors (Lipinski definition) is 5. The van der Waals surface area contributed by atoms with Crippen LogP contribution < -0.4 is 0 Å². The van der Waals surface area contributed by atoms with Crippen molar-refractivity contribution >= 4 is 11.3 Å². The number of aryl methyl sites for hydroxylation is 2. The molecule has 1 atom stereocenters. The summed E-state index contributed by atoms with van der Waals surface area (Å²) in [7, 11) is 0. The van der Waals surface area contributed by atoms with Crippen LogP contribution in [0.2, 0.25) is 0 Å². The summed E-state index contributed by atoms with van der Waals surface area (Å²) >= 11 is 1.84. The third-order valence-electron chi connectivity index (χ3n) is 5.83. The Morgan fingerprint density at radius 2 is 1.96 bits per heavy atom. The van der Waals surface area contributed by atoms with Crippen molar-refractivity contribution in [3.63, 3.8) is 0 Å². The molecule has 5 heteroatoms. The molecule has 0 bridgehead atoms. The van der Waals surface area contributed by atoms with Crippen LogP contribution in [-0.2, 0) is 25.8 Å². The average Bonchev–Trinajstić information content (AvgIpc) is 3.43. The second kappa shape index (κ2) is 7.56. The van der Waals surface area contributed by atoms with Crippen molar-refractivity contribution in [3.05, 3.63) is 58.3 Å². The molecule has 5 rings (SSSR count). The number of likely N-dealkylation sites (tertiary alicyclic amines) is 1. The maximum atomic E-state index is 6.05. The Bertz CT molecular complexity index is 878. The monoisotopic (exact) mass is 379 g/mol. The van der Waals surface area contributed by atoms with Crippen molar-refractivity contribution in [1.29, 1.82) is 0 Å². The molecule has 1 saturated heterocycles. The van der Waals surface area contributed by atoms with Crippen molar-refractivity contribution in [1.82, 2.24) is 15.1 Å². The molecule has 0 saturated carbocycles. The van der Waals surface area contributed by atoms with Crippen LogP contribution in [0.3, 0.4) is 0 Å². The van der Waals surface area contributed by atoms with Crippen LogP contribution in [-0.4, -0.2) is 27.7 Å². The first-order valence-corrected chi connectivity index (χ1v) is 10.9. The normalized spacial score (nSPS) is 20.1. The number of nitrogens with zero attached hydrogens (tertiary/aromatic N) is 3. The lowest BCUT2D eigenvalue weighted by molar-refractivity contribution is 0.221. The summed E-state index contributed by atoms with van der Waals surface area (Å²) < 4.78 is 6.05. The van der Waals surface area contributed by atoms with Gasteiger partial charge in [-0.1, -0.05) is 30.3 Å². The van der Waals surface area contributed by atoms with Crippen molar-refractivity contribution < 1.29 is 4.42 Å². The quantitative estimate of drug-likeness (QED) is 0.633. The summed E-state index contributed by atoms with van der Waals surface area (Å²) in [6.45, 7) is 1.87. The van der Waals surface area contributed by atoms with E-state index in [4.69, 9.17) is 4.42 Å². The summed E-state index contributed by atoms with van der Waals surface area (Å²) in [4.78, 5) is 5.16. The summed E-state index contributed by atoms with van der Waals surface area (Å²) in [6, 6.07) is 13.6. The van der Waals surface area contributed by atoms with E-state index in [0.29, 0.717) is 11.9 Å². The van der Waals surface area contributed by atoms with E-state index in [0.717, 1.165) is 30.3 Å². The van der Waals surface area contributed by atoms with E-state index in [1.54, 1.807) is 0 Å². The van der Waals surface area contributed by atoms with Crippen LogP contribution in [0.5, 0.6) is 0 Å². The third-order valence-corrected chi connectivity index (χ3v) is 7.05. The second-order valence-electron chi connectivity index (χ2n) is 7.72. The molecule has 0 spiro atoms. The third kappa shape index (κ3) is 3.71. The predicted molar refractivity (Wildman–Crippen MR) is 108 cm³/mol. The fraction of sp³-hybridized carbons (Fsp3) is 0.455. The SMILES string of the molecule is c1ccc(CC2CCCN2Cc2nnc(-c3cc4c(s3)CCCC4)o2)cc1. The first kappa shape index (κ1) is 17.1. The number of benzene rings is 1. The molecule has 1 fully saturated rings. The minimum absolute atomic E-state index is 0.566. The largest absolute Gasteiger partial charge is 0.419 e. The highest BCUT2D eigenvalue weighted by molar-refractivity contribution is 7.15. The molecule has 3 heterocycles. The van der Waals surface area contributed by atoms with Gasteiger partial charge in [0.2, 0.25) is 5.89 Å². The fourth-order valence-corrected chi connectivity index (χ4v) is 5.58. The second-order valence-corrected chi connectivity index (χ2v) is 8.86. The van der Waals surface area contributed by atoms with Crippen LogP contribution in [0.4, 0.5) is 0 Å². The molecule has 2 aromatic heterocycles. The molecule has 0 radical (unpaired) electrons. The smallest absolute Gasteiger partial charge is 0.257 e. The van der Waals surface area contributed by atoms with Gasteiger partial charge in [-0.25, -0.2) is 0 Å². The van der Waals surface area contributed by atoms with Gasteiger partial charge in [0.15, 0.2) is 0 Å². The zero-order chi connectivity index (χ0) is 18.1. The van der Waals surface area contributed by atoms with Gasteiger partial charge < -0.3 is 4.42 Å². The van der Waals surface area contributed by atoms with Gasteiger partial charge in [-0.15, -0.1) is 21.5 Å². The van der Waals surface area contributed by atoms with Crippen molar-refractivity contribution in [2.24, 2.45) is 0 Å². The van der Waals surface area contributed by atoms with Crippen LogP contribution in [0.25, 0.3) is 10.8 Å². The predicted octanol–water partition coefficient (Wildman–Crippen LogP) is 4.88. The highest BCUT2D eigenvalue weighted by atomic mass is 32.1. The van der Waals surface area contributed by atoms with Crippen LogP contribution in [0.15, 0.2) is 40.8 Å². The Balaban J connectivity index is 1.28. The fourth-order valence-electron chi connectivity index (χ4n) is 4.41. The van der Waals surface area contributed by atoms with Crippen LogP contribution in [0.1, 0.15) is 47.6 Å². The zero-order valence-electron chi connectivity index (χ0n) is 15.6. The van der Waals surface area contributed by atoms with Gasteiger partial charge in [0.05, 0.1) is 11.4 Å². The van der Waals surface area contributed by atoms with Crippen LogP contribution in [0, 0.1) is 0 Å². The Kier molecular flexibility index (Phi) is 4.80. The number of aromatic nitrogens is 2. The minimum Gasteiger partial charge on any atom is -0.419 e. The van der Waals surface area contributed by atoms with Crippen molar-refractivity contribution in [2.45, 2.75) is 57.5 Å². The van der Waals surface area contributed by atoms with E-state index in [1.165, 1.54) is 54.5 Å². The molecular formula is C22H25N3OS. The summed E-state index contributed by atoms with van der Waals surface area (Å²) in [6.07, 6.45) is 8.59. The highest BCUT2D eigenvalue weighted by Gasteiger charge is 2.26. The molecule has 0 amide bonds. The Morgan fingerprint density at radius 1 is 1.07 bits per heavy atom. The number of rotatable bonds is 5. The number of fused-ring (bicyclic) bond motifs is 1. The molecule has 0 N–H and O–H groups in total. The first-order valence-electron chi connectivity index (χ1n) is 10.1. The minimum atomic E-state index is 0.566. The zero-order valence-corrected chi connectivity index (χ0v) is 16.4. The Morgan fingerprint density at radius 3 is 2.85 bits per heavy atom. The van der Waals surface area contributed by atoms with E-state index >= 15 is 0 Å². The topological polar surface area (TPSA) is 42.2 Å². The van der Waals surface area contributed by atoms with E-state index in [2.05, 4.69) is 51.5 Å². The van der Waals surface area contributed by atoms with E-state index in [1.807, 2.05) is 11.3 Å². The van der Waals surface area contributed by atoms with E-state index in [9.17, 15) is 0 Å². The van der Waals surface area contributed by atoms with E-state index < -0.39 is 0 Å². The standard InChI is InChI=1S/C22H25N3OS/c1-2-7-16(8-3-1)13-18-10-6-12-25(18)15-21-23-24-22(26-21)20-14-17-9-4-5-11-19(17)27-20/h1-3,7-8,14,18H,4-6,9-13,15H2. The van der Waals surface area contributed by atoms with Crippen molar-refractivity contribution in [2.75, 3.05) is 6.54 Å². The Labute approximate surface area is 164 Å². The lowest BCUT2D eigenvalue weighted by Gasteiger charge is -2.22. The molecule has 140 valence electrons. The van der Waals surface area contributed by atoms with Gasteiger partial charge in [-0.2, -0.15) is 0 Å².